The van der Waals surface area contributed by atoms with Gasteiger partial charge in [-0.1, -0.05) is 12.1 Å². The van der Waals surface area contributed by atoms with Gasteiger partial charge in [-0.25, -0.2) is 9.18 Å². The van der Waals surface area contributed by atoms with Crippen molar-refractivity contribution in [2.45, 2.75) is 12.2 Å². The fraction of sp³-hybridized carbons (Fsp3) is 0.364. The van der Waals surface area contributed by atoms with Crippen LogP contribution in [0, 0.1) is 5.82 Å². The van der Waals surface area contributed by atoms with Crippen LogP contribution in [0.1, 0.15) is 11.7 Å². The van der Waals surface area contributed by atoms with E-state index in [0.29, 0.717) is 12.2 Å². The van der Waals surface area contributed by atoms with E-state index < -0.39 is 18.2 Å². The fourth-order valence-corrected chi connectivity index (χ4v) is 1.65. The molecule has 0 amide bonds. The molecule has 2 rings (SSSR count). The molecular weight excluding hydrogens is 215 g/mol. The summed E-state index contributed by atoms with van der Waals surface area (Å²) >= 11 is 0. The Morgan fingerprint density at radius 2 is 1.88 bits per heavy atom. The Balaban J connectivity index is 2.23. The molecule has 1 aliphatic heterocycles. The van der Waals surface area contributed by atoms with Crippen LogP contribution in [-0.4, -0.2) is 30.4 Å². The SMILES string of the molecule is O=C(O)C1OCCOC1c1ccc(F)cc1. The maximum Gasteiger partial charge on any atom is 0.335 e. The lowest BCUT2D eigenvalue weighted by Gasteiger charge is -2.29. The topological polar surface area (TPSA) is 55.8 Å². The van der Waals surface area contributed by atoms with Gasteiger partial charge in [-0.15, -0.1) is 0 Å². The van der Waals surface area contributed by atoms with Crippen LogP contribution in [0.15, 0.2) is 24.3 Å². The standard InChI is InChI=1S/C11H11FO4/c12-8-3-1-7(2-4-8)9-10(11(13)14)16-6-5-15-9/h1-4,9-10H,5-6H2,(H,13,14). The molecule has 16 heavy (non-hydrogen) atoms. The largest absolute Gasteiger partial charge is 0.479 e. The zero-order chi connectivity index (χ0) is 11.5. The summed E-state index contributed by atoms with van der Waals surface area (Å²) in [7, 11) is 0. The number of carbonyl (C=O) groups is 1. The quantitative estimate of drug-likeness (QED) is 0.827. The molecule has 0 spiro atoms. The molecule has 1 aliphatic rings. The van der Waals surface area contributed by atoms with Crippen molar-refractivity contribution in [2.24, 2.45) is 0 Å². The molecule has 1 fully saturated rings. The van der Waals surface area contributed by atoms with E-state index in [-0.39, 0.29) is 12.4 Å². The molecule has 4 nitrogen and oxygen atoms in total. The van der Waals surface area contributed by atoms with E-state index in [0.717, 1.165) is 0 Å². The first-order valence-corrected chi connectivity index (χ1v) is 4.90. The van der Waals surface area contributed by atoms with E-state index >= 15 is 0 Å². The average Bonchev–Trinajstić information content (AvgIpc) is 2.30. The highest BCUT2D eigenvalue weighted by Crippen LogP contribution is 2.26. The molecule has 86 valence electrons. The third-order valence-electron chi connectivity index (χ3n) is 2.40. The summed E-state index contributed by atoms with van der Waals surface area (Å²) in [6, 6.07) is 5.55. The second-order valence-corrected chi connectivity index (χ2v) is 3.47. The highest BCUT2D eigenvalue weighted by molar-refractivity contribution is 5.73. The first kappa shape index (κ1) is 11.0. The van der Waals surface area contributed by atoms with Crippen LogP contribution in [0.25, 0.3) is 0 Å². The van der Waals surface area contributed by atoms with Gasteiger partial charge in [0.1, 0.15) is 11.9 Å². The summed E-state index contributed by atoms with van der Waals surface area (Å²) in [6.07, 6.45) is -1.70. The summed E-state index contributed by atoms with van der Waals surface area (Å²) in [4.78, 5) is 10.9. The molecule has 0 aliphatic carbocycles. The second kappa shape index (κ2) is 4.59. The minimum Gasteiger partial charge on any atom is -0.479 e. The van der Waals surface area contributed by atoms with Crippen LogP contribution in [0.5, 0.6) is 0 Å². The van der Waals surface area contributed by atoms with Gasteiger partial charge < -0.3 is 14.6 Å². The van der Waals surface area contributed by atoms with Gasteiger partial charge in [0.05, 0.1) is 13.2 Å². The third-order valence-corrected chi connectivity index (χ3v) is 2.40. The second-order valence-electron chi connectivity index (χ2n) is 3.47. The highest BCUT2D eigenvalue weighted by Gasteiger charge is 2.34. The van der Waals surface area contributed by atoms with Crippen LogP contribution in [-0.2, 0) is 14.3 Å². The molecule has 0 aromatic heterocycles. The van der Waals surface area contributed by atoms with Gasteiger partial charge in [0.25, 0.3) is 0 Å². The lowest BCUT2D eigenvalue weighted by molar-refractivity contribution is -0.181. The average molecular weight is 226 g/mol. The first-order chi connectivity index (χ1) is 7.68. The lowest BCUT2D eigenvalue weighted by atomic mass is 10.0. The Bertz CT molecular complexity index is 376. The molecule has 0 radical (unpaired) electrons. The Labute approximate surface area is 91.6 Å². The molecule has 0 bridgehead atoms. The van der Waals surface area contributed by atoms with Crippen molar-refractivity contribution >= 4 is 5.97 Å². The van der Waals surface area contributed by atoms with Crippen molar-refractivity contribution in [1.29, 1.82) is 0 Å². The van der Waals surface area contributed by atoms with Crippen molar-refractivity contribution in [3.05, 3.63) is 35.6 Å². The van der Waals surface area contributed by atoms with Crippen molar-refractivity contribution in [3.63, 3.8) is 0 Å². The Morgan fingerprint density at radius 1 is 1.25 bits per heavy atom. The molecule has 1 heterocycles. The molecular formula is C11H11FO4. The van der Waals surface area contributed by atoms with Crippen molar-refractivity contribution in [3.8, 4) is 0 Å². The summed E-state index contributed by atoms with van der Waals surface area (Å²) in [5, 5.41) is 8.95. The molecule has 2 atom stereocenters. The Hall–Kier alpha value is -1.46. The molecule has 1 aromatic rings. The van der Waals surface area contributed by atoms with Crippen LogP contribution in [0.3, 0.4) is 0 Å². The first-order valence-electron chi connectivity index (χ1n) is 4.90. The molecule has 1 N–H and O–H groups in total. The number of hydrogen-bond donors (Lipinski definition) is 1. The van der Waals surface area contributed by atoms with Gasteiger partial charge in [-0.05, 0) is 17.7 Å². The van der Waals surface area contributed by atoms with E-state index in [4.69, 9.17) is 14.6 Å². The number of rotatable bonds is 2. The number of halogens is 1. The molecule has 1 aromatic carbocycles. The summed E-state index contributed by atoms with van der Waals surface area (Å²) in [6.45, 7) is 0.598. The number of benzene rings is 1. The lowest BCUT2D eigenvalue weighted by Crippen LogP contribution is -2.38. The van der Waals surface area contributed by atoms with Crippen molar-refractivity contribution in [2.75, 3.05) is 13.2 Å². The van der Waals surface area contributed by atoms with E-state index in [1.165, 1.54) is 24.3 Å². The highest BCUT2D eigenvalue weighted by atomic mass is 19.1. The molecule has 2 unspecified atom stereocenters. The normalized spacial score (nSPS) is 25.3. The Kier molecular flexibility index (Phi) is 3.17. The summed E-state index contributed by atoms with van der Waals surface area (Å²) in [5.74, 6) is -1.44. The summed E-state index contributed by atoms with van der Waals surface area (Å²) in [5.41, 5.74) is 0.605. The van der Waals surface area contributed by atoms with Gasteiger partial charge in [0.2, 0.25) is 0 Å². The zero-order valence-corrected chi connectivity index (χ0v) is 8.43. The summed E-state index contributed by atoms with van der Waals surface area (Å²) < 4.78 is 23.2. The molecule has 1 saturated heterocycles. The van der Waals surface area contributed by atoms with Gasteiger partial charge in [0.15, 0.2) is 6.10 Å². The predicted octanol–water partition coefficient (Wildman–Crippen LogP) is 1.37. The number of carboxylic acids is 1. The van der Waals surface area contributed by atoms with Crippen molar-refractivity contribution < 1.29 is 23.8 Å². The van der Waals surface area contributed by atoms with Gasteiger partial charge in [0, 0.05) is 0 Å². The minimum absolute atomic E-state index is 0.259. The van der Waals surface area contributed by atoms with E-state index in [1.807, 2.05) is 0 Å². The van der Waals surface area contributed by atoms with E-state index in [9.17, 15) is 9.18 Å². The third kappa shape index (κ3) is 2.20. The minimum atomic E-state index is -1.07. The van der Waals surface area contributed by atoms with E-state index in [1.54, 1.807) is 0 Å². The molecule has 5 heteroatoms. The maximum absolute atomic E-state index is 12.7. The van der Waals surface area contributed by atoms with Gasteiger partial charge in [-0.2, -0.15) is 0 Å². The maximum atomic E-state index is 12.7. The smallest absolute Gasteiger partial charge is 0.335 e. The number of hydrogen-bond acceptors (Lipinski definition) is 3. The van der Waals surface area contributed by atoms with Gasteiger partial charge in [-0.3, -0.25) is 0 Å². The predicted molar refractivity (Wildman–Crippen MR) is 52.5 cm³/mol. The Morgan fingerprint density at radius 3 is 2.50 bits per heavy atom. The van der Waals surface area contributed by atoms with Crippen LogP contribution in [0.4, 0.5) is 4.39 Å². The van der Waals surface area contributed by atoms with Gasteiger partial charge >= 0.3 is 5.97 Å². The van der Waals surface area contributed by atoms with Crippen molar-refractivity contribution in [1.82, 2.24) is 0 Å². The number of aliphatic carboxylic acids is 1. The molecule has 0 saturated carbocycles. The van der Waals surface area contributed by atoms with Crippen LogP contribution >= 0.6 is 0 Å². The fourth-order valence-electron chi connectivity index (χ4n) is 1.65. The van der Waals surface area contributed by atoms with Crippen LogP contribution in [0.2, 0.25) is 0 Å². The number of ether oxygens (including phenoxy) is 2. The zero-order valence-electron chi connectivity index (χ0n) is 8.43. The van der Waals surface area contributed by atoms with Crippen LogP contribution < -0.4 is 0 Å². The van der Waals surface area contributed by atoms with E-state index in [2.05, 4.69) is 0 Å². The monoisotopic (exact) mass is 226 g/mol. The number of carboxylic acid groups (broad SMARTS) is 1.